The number of aryl methyl sites for hydroxylation is 1. The van der Waals surface area contributed by atoms with Crippen molar-refractivity contribution in [3.63, 3.8) is 0 Å². The summed E-state index contributed by atoms with van der Waals surface area (Å²) in [6.45, 7) is 2.00. The van der Waals surface area contributed by atoms with Gasteiger partial charge in [0.1, 0.15) is 17.1 Å². The topological polar surface area (TPSA) is 48.4 Å². The van der Waals surface area contributed by atoms with Crippen LogP contribution in [0.1, 0.15) is 22.9 Å². The van der Waals surface area contributed by atoms with E-state index >= 15 is 0 Å². The van der Waals surface area contributed by atoms with Crippen LogP contribution in [0.5, 0.6) is 5.75 Å². The molecule has 0 spiro atoms. The number of nitrogens with two attached hydrogens (primary N) is 1. The number of benzene rings is 2. The Morgan fingerprint density at radius 3 is 2.52 bits per heavy atom. The SMILES string of the molecule is COc1ccc(C(N)c2oc3ccc(Cl)cc3c2C)cc1. The molecule has 3 aromatic rings. The quantitative estimate of drug-likeness (QED) is 0.777. The Bertz CT molecular complexity index is 777. The van der Waals surface area contributed by atoms with E-state index in [1.165, 1.54) is 0 Å². The van der Waals surface area contributed by atoms with Gasteiger partial charge < -0.3 is 14.9 Å². The summed E-state index contributed by atoms with van der Waals surface area (Å²) in [6.07, 6.45) is 0. The van der Waals surface area contributed by atoms with Crippen LogP contribution in [-0.2, 0) is 0 Å². The second-order valence-electron chi connectivity index (χ2n) is 4.98. The zero-order valence-corrected chi connectivity index (χ0v) is 12.6. The number of fused-ring (bicyclic) bond motifs is 1. The summed E-state index contributed by atoms with van der Waals surface area (Å²) >= 11 is 6.04. The molecular formula is C17H16ClNO2. The van der Waals surface area contributed by atoms with Gasteiger partial charge >= 0.3 is 0 Å². The average Bonchev–Trinajstić information content (AvgIpc) is 2.83. The van der Waals surface area contributed by atoms with E-state index in [1.54, 1.807) is 7.11 Å². The lowest BCUT2D eigenvalue weighted by molar-refractivity contribution is 0.414. The third-order valence-electron chi connectivity index (χ3n) is 3.69. The smallest absolute Gasteiger partial charge is 0.134 e. The van der Waals surface area contributed by atoms with Gasteiger partial charge in [-0.3, -0.25) is 0 Å². The van der Waals surface area contributed by atoms with E-state index in [0.29, 0.717) is 5.02 Å². The van der Waals surface area contributed by atoms with Crippen LogP contribution >= 0.6 is 11.6 Å². The lowest BCUT2D eigenvalue weighted by Gasteiger charge is -2.11. The fourth-order valence-corrected chi connectivity index (χ4v) is 2.64. The third-order valence-corrected chi connectivity index (χ3v) is 3.93. The molecule has 0 aliphatic rings. The van der Waals surface area contributed by atoms with Crippen molar-refractivity contribution in [1.29, 1.82) is 0 Å². The van der Waals surface area contributed by atoms with Crippen LogP contribution in [0, 0.1) is 6.92 Å². The molecule has 0 radical (unpaired) electrons. The Morgan fingerprint density at radius 2 is 1.86 bits per heavy atom. The highest BCUT2D eigenvalue weighted by atomic mass is 35.5. The van der Waals surface area contributed by atoms with Crippen molar-refractivity contribution in [2.45, 2.75) is 13.0 Å². The number of rotatable bonds is 3. The molecule has 2 aromatic carbocycles. The summed E-state index contributed by atoms with van der Waals surface area (Å²) < 4.78 is 11.1. The Kier molecular flexibility index (Phi) is 3.62. The normalized spacial score (nSPS) is 12.6. The molecule has 1 unspecified atom stereocenters. The van der Waals surface area contributed by atoms with Crippen molar-refractivity contribution < 1.29 is 9.15 Å². The second-order valence-corrected chi connectivity index (χ2v) is 5.42. The average molecular weight is 302 g/mol. The molecule has 0 saturated carbocycles. The van der Waals surface area contributed by atoms with Crippen molar-refractivity contribution in [3.05, 3.63) is 64.4 Å². The number of halogens is 1. The molecule has 1 heterocycles. The predicted octanol–water partition coefficient (Wildman–Crippen LogP) is 4.45. The molecular weight excluding hydrogens is 286 g/mol. The molecule has 3 nitrogen and oxygen atoms in total. The Labute approximate surface area is 128 Å². The molecule has 108 valence electrons. The Hall–Kier alpha value is -1.97. The summed E-state index contributed by atoms with van der Waals surface area (Å²) in [6, 6.07) is 13.0. The van der Waals surface area contributed by atoms with Crippen LogP contribution in [0.3, 0.4) is 0 Å². The highest BCUT2D eigenvalue weighted by Gasteiger charge is 2.18. The lowest BCUT2D eigenvalue weighted by Crippen LogP contribution is -2.11. The van der Waals surface area contributed by atoms with E-state index in [1.807, 2.05) is 49.4 Å². The number of hydrogen-bond donors (Lipinski definition) is 1. The molecule has 0 aliphatic heterocycles. The first kappa shape index (κ1) is 14.0. The molecule has 21 heavy (non-hydrogen) atoms. The first-order valence-electron chi connectivity index (χ1n) is 6.68. The van der Waals surface area contributed by atoms with Crippen LogP contribution in [-0.4, -0.2) is 7.11 Å². The van der Waals surface area contributed by atoms with Crippen LogP contribution in [0.4, 0.5) is 0 Å². The summed E-state index contributed by atoms with van der Waals surface area (Å²) in [5.41, 5.74) is 9.14. The summed E-state index contributed by atoms with van der Waals surface area (Å²) in [7, 11) is 1.64. The van der Waals surface area contributed by atoms with E-state index in [9.17, 15) is 0 Å². The molecule has 2 N–H and O–H groups in total. The zero-order valence-electron chi connectivity index (χ0n) is 11.9. The van der Waals surface area contributed by atoms with E-state index in [0.717, 1.165) is 33.6 Å². The maximum absolute atomic E-state index is 6.34. The van der Waals surface area contributed by atoms with Gasteiger partial charge in [-0.2, -0.15) is 0 Å². The van der Waals surface area contributed by atoms with E-state index in [-0.39, 0.29) is 6.04 Å². The highest BCUT2D eigenvalue weighted by Crippen LogP contribution is 2.33. The Balaban J connectivity index is 2.04. The van der Waals surface area contributed by atoms with Crippen molar-refractivity contribution in [1.82, 2.24) is 0 Å². The van der Waals surface area contributed by atoms with E-state index < -0.39 is 0 Å². The fourth-order valence-electron chi connectivity index (χ4n) is 2.47. The van der Waals surface area contributed by atoms with Crippen LogP contribution in [0.25, 0.3) is 11.0 Å². The van der Waals surface area contributed by atoms with Crippen LogP contribution in [0.2, 0.25) is 5.02 Å². The van der Waals surface area contributed by atoms with Gasteiger partial charge in [0.25, 0.3) is 0 Å². The predicted molar refractivity (Wildman–Crippen MR) is 85.0 cm³/mol. The van der Waals surface area contributed by atoms with Gasteiger partial charge in [-0.1, -0.05) is 23.7 Å². The molecule has 1 aromatic heterocycles. The van der Waals surface area contributed by atoms with Gasteiger partial charge in [0, 0.05) is 16.0 Å². The number of hydrogen-bond acceptors (Lipinski definition) is 3. The summed E-state index contributed by atoms with van der Waals surface area (Å²) in [5.74, 6) is 1.57. The van der Waals surface area contributed by atoms with Gasteiger partial charge in [0.15, 0.2) is 0 Å². The molecule has 0 fully saturated rings. The van der Waals surface area contributed by atoms with Gasteiger partial charge in [0.05, 0.1) is 13.2 Å². The highest BCUT2D eigenvalue weighted by molar-refractivity contribution is 6.31. The van der Waals surface area contributed by atoms with Gasteiger partial charge in [0.2, 0.25) is 0 Å². The largest absolute Gasteiger partial charge is 0.497 e. The first-order valence-corrected chi connectivity index (χ1v) is 7.06. The van der Waals surface area contributed by atoms with Crippen molar-refractivity contribution >= 4 is 22.6 Å². The van der Waals surface area contributed by atoms with E-state index in [2.05, 4.69) is 0 Å². The minimum atomic E-state index is -0.318. The van der Waals surface area contributed by atoms with Crippen molar-refractivity contribution in [2.75, 3.05) is 7.11 Å². The van der Waals surface area contributed by atoms with Gasteiger partial charge in [-0.25, -0.2) is 0 Å². The maximum atomic E-state index is 6.34. The number of ether oxygens (including phenoxy) is 1. The van der Waals surface area contributed by atoms with E-state index in [4.69, 9.17) is 26.5 Å². The minimum Gasteiger partial charge on any atom is -0.497 e. The molecule has 3 rings (SSSR count). The fraction of sp³-hybridized carbons (Fsp3) is 0.176. The first-order chi connectivity index (χ1) is 10.1. The minimum absolute atomic E-state index is 0.318. The number of furan rings is 1. The van der Waals surface area contributed by atoms with Crippen molar-refractivity contribution in [3.8, 4) is 5.75 Å². The van der Waals surface area contributed by atoms with Crippen molar-refractivity contribution in [2.24, 2.45) is 5.73 Å². The molecule has 4 heteroatoms. The molecule has 1 atom stereocenters. The maximum Gasteiger partial charge on any atom is 0.134 e. The lowest BCUT2D eigenvalue weighted by atomic mass is 10.0. The van der Waals surface area contributed by atoms with Crippen LogP contribution < -0.4 is 10.5 Å². The third kappa shape index (κ3) is 2.50. The second kappa shape index (κ2) is 5.43. The van der Waals surface area contributed by atoms with Gasteiger partial charge in [-0.05, 0) is 42.8 Å². The molecule has 0 saturated heterocycles. The summed E-state index contributed by atoms with van der Waals surface area (Å²) in [5, 5.41) is 1.69. The summed E-state index contributed by atoms with van der Waals surface area (Å²) in [4.78, 5) is 0. The molecule has 0 amide bonds. The number of methoxy groups -OCH3 is 1. The molecule has 0 bridgehead atoms. The molecule has 0 aliphatic carbocycles. The van der Waals surface area contributed by atoms with Crippen LogP contribution in [0.15, 0.2) is 46.9 Å². The monoisotopic (exact) mass is 301 g/mol. The zero-order chi connectivity index (χ0) is 15.0. The Morgan fingerprint density at radius 1 is 1.14 bits per heavy atom. The standard InChI is InChI=1S/C17H16ClNO2/c1-10-14-9-12(18)5-8-15(14)21-17(10)16(19)11-3-6-13(20-2)7-4-11/h3-9,16H,19H2,1-2H3. The van der Waals surface area contributed by atoms with Gasteiger partial charge in [-0.15, -0.1) is 0 Å².